The van der Waals surface area contributed by atoms with E-state index >= 15 is 0 Å². The number of likely N-dealkylation sites (N-methyl/N-ethyl adjacent to an activating group) is 1. The van der Waals surface area contributed by atoms with Gasteiger partial charge in [0.2, 0.25) is 5.91 Å². The minimum atomic E-state index is 0.134. The summed E-state index contributed by atoms with van der Waals surface area (Å²) in [6.07, 6.45) is 3.28. The van der Waals surface area contributed by atoms with E-state index in [-0.39, 0.29) is 11.9 Å². The lowest BCUT2D eigenvalue weighted by Gasteiger charge is -2.34. The molecule has 2 heterocycles. The van der Waals surface area contributed by atoms with Crippen molar-refractivity contribution in [3.63, 3.8) is 0 Å². The summed E-state index contributed by atoms with van der Waals surface area (Å²) >= 11 is 0. The van der Waals surface area contributed by atoms with Crippen molar-refractivity contribution in [1.29, 1.82) is 0 Å². The number of nitrogens with zero attached hydrogens (tertiary/aromatic N) is 4. The zero-order valence-electron chi connectivity index (χ0n) is 15.3. The molecule has 1 atom stereocenters. The van der Waals surface area contributed by atoms with E-state index in [2.05, 4.69) is 39.1 Å². The number of piperidine rings is 1. The van der Waals surface area contributed by atoms with E-state index in [0.717, 1.165) is 37.5 Å². The minimum Gasteiger partial charge on any atom is -0.340 e. The number of amides is 1. The molecular weight excluding hydrogens is 314 g/mol. The summed E-state index contributed by atoms with van der Waals surface area (Å²) in [6.45, 7) is 5.97. The Morgan fingerprint density at radius 2 is 2.12 bits per heavy atom. The van der Waals surface area contributed by atoms with Crippen molar-refractivity contribution in [1.82, 2.24) is 25.0 Å². The molecule has 1 aliphatic heterocycles. The first-order chi connectivity index (χ1) is 12.0. The first kappa shape index (κ1) is 17.6. The number of carbonyl (C=O) groups is 1. The van der Waals surface area contributed by atoms with Gasteiger partial charge in [0.25, 0.3) is 0 Å². The van der Waals surface area contributed by atoms with Crippen LogP contribution in [0.3, 0.4) is 0 Å². The van der Waals surface area contributed by atoms with Crippen molar-refractivity contribution in [2.24, 2.45) is 0 Å². The molecule has 6 heteroatoms. The molecule has 1 aromatic heterocycles. The Hall–Kier alpha value is -2.21. The van der Waals surface area contributed by atoms with Gasteiger partial charge in [-0.2, -0.15) is 5.10 Å². The molecule has 0 aliphatic carbocycles. The first-order valence-corrected chi connectivity index (χ1v) is 8.96. The second-order valence-electron chi connectivity index (χ2n) is 6.94. The first-order valence-electron chi connectivity index (χ1n) is 8.96. The van der Waals surface area contributed by atoms with Gasteiger partial charge < -0.3 is 4.90 Å². The third-order valence-corrected chi connectivity index (χ3v) is 4.96. The summed E-state index contributed by atoms with van der Waals surface area (Å²) in [7, 11) is 1.88. The van der Waals surface area contributed by atoms with Gasteiger partial charge in [0, 0.05) is 13.6 Å². The number of H-pyrrole nitrogens is 1. The number of aryl methyl sites for hydroxylation is 2. The lowest BCUT2D eigenvalue weighted by atomic mass is 10.0. The van der Waals surface area contributed by atoms with E-state index in [1.54, 1.807) is 0 Å². The normalized spacial score (nSPS) is 18.3. The molecule has 1 aliphatic rings. The quantitative estimate of drug-likeness (QED) is 0.908. The van der Waals surface area contributed by atoms with Gasteiger partial charge in [-0.1, -0.05) is 30.7 Å². The van der Waals surface area contributed by atoms with E-state index in [0.29, 0.717) is 13.1 Å². The van der Waals surface area contributed by atoms with Gasteiger partial charge >= 0.3 is 0 Å². The molecule has 2 aromatic rings. The van der Waals surface area contributed by atoms with E-state index in [1.165, 1.54) is 11.1 Å². The summed E-state index contributed by atoms with van der Waals surface area (Å²) in [6, 6.07) is 8.35. The molecule has 1 amide bonds. The molecule has 3 rings (SSSR count). The third-order valence-electron chi connectivity index (χ3n) is 4.96. The average molecular weight is 341 g/mol. The smallest absolute Gasteiger partial charge is 0.236 e. The maximum atomic E-state index is 12.7. The molecule has 1 N–H and O–H groups in total. The summed E-state index contributed by atoms with van der Waals surface area (Å²) in [4.78, 5) is 21.3. The largest absolute Gasteiger partial charge is 0.340 e. The number of hydrogen-bond donors (Lipinski definition) is 1. The molecule has 1 aromatic carbocycles. The van der Waals surface area contributed by atoms with Crippen molar-refractivity contribution < 1.29 is 4.79 Å². The van der Waals surface area contributed by atoms with E-state index in [9.17, 15) is 4.79 Å². The number of benzene rings is 1. The van der Waals surface area contributed by atoms with Gasteiger partial charge in [0.05, 0.1) is 12.6 Å². The lowest BCUT2D eigenvalue weighted by molar-refractivity contribution is -0.132. The van der Waals surface area contributed by atoms with Crippen molar-refractivity contribution in [2.45, 2.75) is 45.7 Å². The van der Waals surface area contributed by atoms with Gasteiger partial charge in [-0.25, -0.2) is 4.98 Å². The Morgan fingerprint density at radius 3 is 2.84 bits per heavy atom. The fraction of sp³-hybridized carbons (Fsp3) is 0.526. The summed E-state index contributed by atoms with van der Waals surface area (Å²) in [5.41, 5.74) is 2.41. The molecule has 0 unspecified atom stereocenters. The molecule has 1 fully saturated rings. The van der Waals surface area contributed by atoms with Crippen LogP contribution in [0.2, 0.25) is 0 Å². The van der Waals surface area contributed by atoms with Crippen LogP contribution in [0.1, 0.15) is 48.1 Å². The second-order valence-corrected chi connectivity index (χ2v) is 6.94. The highest BCUT2D eigenvalue weighted by molar-refractivity contribution is 5.78. The van der Waals surface area contributed by atoms with Crippen LogP contribution >= 0.6 is 0 Å². The van der Waals surface area contributed by atoms with E-state index in [1.807, 2.05) is 31.0 Å². The summed E-state index contributed by atoms with van der Waals surface area (Å²) in [5.74, 6) is 1.78. The Labute approximate surface area is 149 Å². The fourth-order valence-electron chi connectivity index (χ4n) is 3.41. The molecule has 0 radical (unpaired) electrons. The highest BCUT2D eigenvalue weighted by atomic mass is 16.2. The summed E-state index contributed by atoms with van der Waals surface area (Å²) < 4.78 is 0. The number of nitrogens with one attached hydrogen (secondary N) is 1. The van der Waals surface area contributed by atoms with Crippen LogP contribution in [0.15, 0.2) is 24.3 Å². The molecule has 0 saturated carbocycles. The lowest BCUT2D eigenvalue weighted by Crippen LogP contribution is -2.42. The maximum Gasteiger partial charge on any atom is 0.236 e. The van der Waals surface area contributed by atoms with Crippen molar-refractivity contribution in [2.75, 3.05) is 20.1 Å². The van der Waals surface area contributed by atoms with E-state index < -0.39 is 0 Å². The Kier molecular flexibility index (Phi) is 5.48. The van der Waals surface area contributed by atoms with Gasteiger partial charge in [0.1, 0.15) is 5.82 Å². The third kappa shape index (κ3) is 4.25. The molecule has 134 valence electrons. The zero-order valence-corrected chi connectivity index (χ0v) is 15.3. The van der Waals surface area contributed by atoms with Crippen LogP contribution in [0.5, 0.6) is 0 Å². The van der Waals surface area contributed by atoms with Crippen LogP contribution in [-0.2, 0) is 11.3 Å². The van der Waals surface area contributed by atoms with Crippen LogP contribution in [0.25, 0.3) is 0 Å². The number of likely N-dealkylation sites (tertiary alicyclic amines) is 1. The Bertz CT molecular complexity index is 726. The number of hydrogen-bond acceptors (Lipinski definition) is 4. The standard InChI is InChI=1S/C19H27N5O/c1-14-8-4-5-9-16(14)12-23(3)18(25)13-24-11-7-6-10-17(24)19-20-15(2)21-22-19/h4-5,8-9,17H,6-7,10-13H2,1-3H3,(H,20,21,22)/t17-/m1/s1. The van der Waals surface area contributed by atoms with Gasteiger partial charge in [-0.3, -0.25) is 14.8 Å². The molecule has 6 nitrogen and oxygen atoms in total. The monoisotopic (exact) mass is 341 g/mol. The summed E-state index contributed by atoms with van der Waals surface area (Å²) in [5, 5.41) is 7.24. The number of carbonyl (C=O) groups excluding carboxylic acids is 1. The highest BCUT2D eigenvalue weighted by Crippen LogP contribution is 2.28. The van der Waals surface area contributed by atoms with Crippen molar-refractivity contribution in [3.05, 3.63) is 47.0 Å². The topological polar surface area (TPSA) is 65.1 Å². The van der Waals surface area contributed by atoms with Crippen molar-refractivity contribution in [3.8, 4) is 0 Å². The van der Waals surface area contributed by atoms with Gasteiger partial charge in [-0.05, 0) is 44.4 Å². The fourth-order valence-corrected chi connectivity index (χ4v) is 3.41. The number of aromatic nitrogens is 3. The number of aromatic amines is 1. The molecule has 1 saturated heterocycles. The predicted molar refractivity (Wildman–Crippen MR) is 96.9 cm³/mol. The SMILES string of the molecule is Cc1nc([C@H]2CCCCN2CC(=O)N(C)Cc2ccccc2C)n[nH]1. The van der Waals surface area contributed by atoms with Crippen LogP contribution < -0.4 is 0 Å². The highest BCUT2D eigenvalue weighted by Gasteiger charge is 2.29. The molecular formula is C19H27N5O. The molecule has 0 spiro atoms. The van der Waals surface area contributed by atoms with E-state index in [4.69, 9.17) is 0 Å². The van der Waals surface area contributed by atoms with Crippen LogP contribution in [0.4, 0.5) is 0 Å². The predicted octanol–water partition coefficient (Wildman–Crippen LogP) is 2.61. The maximum absolute atomic E-state index is 12.7. The minimum absolute atomic E-state index is 0.134. The number of rotatable bonds is 5. The zero-order chi connectivity index (χ0) is 17.8. The molecule has 0 bridgehead atoms. The average Bonchev–Trinajstić information content (AvgIpc) is 3.03. The van der Waals surface area contributed by atoms with Gasteiger partial charge in [-0.15, -0.1) is 0 Å². The van der Waals surface area contributed by atoms with Gasteiger partial charge in [0.15, 0.2) is 5.82 Å². The Morgan fingerprint density at radius 1 is 1.32 bits per heavy atom. The molecule has 25 heavy (non-hydrogen) atoms. The van der Waals surface area contributed by atoms with Crippen LogP contribution in [-0.4, -0.2) is 51.0 Å². The van der Waals surface area contributed by atoms with Crippen molar-refractivity contribution >= 4 is 5.91 Å². The van der Waals surface area contributed by atoms with Crippen LogP contribution in [0, 0.1) is 13.8 Å². The second kappa shape index (κ2) is 7.78. The Balaban J connectivity index is 1.64.